The molecule has 0 bridgehead atoms. The molecule has 1 saturated carbocycles. The summed E-state index contributed by atoms with van der Waals surface area (Å²) in [6, 6.07) is 0. The van der Waals surface area contributed by atoms with Gasteiger partial charge in [-0.2, -0.15) is 0 Å². The molecule has 0 aromatic heterocycles. The lowest BCUT2D eigenvalue weighted by Crippen LogP contribution is -1.91. The molecule has 0 aromatic carbocycles. The Labute approximate surface area is 52.5 Å². The van der Waals surface area contributed by atoms with Crippen LogP contribution in [-0.4, -0.2) is 21.8 Å². The van der Waals surface area contributed by atoms with Crippen molar-refractivity contribution in [2.75, 3.05) is 0 Å². The van der Waals surface area contributed by atoms with Crippen LogP contribution < -0.4 is 0 Å². The first-order chi connectivity index (χ1) is 4.36. The minimum atomic E-state index is 0.521. The highest BCUT2D eigenvalue weighted by Gasteiger charge is 2.15. The van der Waals surface area contributed by atoms with E-state index in [2.05, 4.69) is 10.3 Å². The first-order valence-electron chi connectivity index (χ1n) is 2.76. The molecule has 0 saturated heterocycles. The third kappa shape index (κ3) is 1.19. The van der Waals surface area contributed by atoms with Crippen molar-refractivity contribution in [3.8, 4) is 0 Å². The van der Waals surface area contributed by atoms with Gasteiger partial charge in [0.25, 0.3) is 0 Å². The Morgan fingerprint density at radius 1 is 1.00 bits per heavy atom. The topological polar surface area (TPSA) is 65.2 Å². The van der Waals surface area contributed by atoms with Crippen molar-refractivity contribution in [1.29, 1.82) is 0 Å². The molecule has 1 aliphatic rings. The lowest BCUT2D eigenvalue weighted by atomic mass is 10.3. The van der Waals surface area contributed by atoms with Gasteiger partial charge in [0.05, 0.1) is 11.4 Å². The molecule has 0 unspecified atom stereocenters. The van der Waals surface area contributed by atoms with Crippen LogP contribution in [0.15, 0.2) is 10.3 Å². The summed E-state index contributed by atoms with van der Waals surface area (Å²) in [5.74, 6) is 0. The molecule has 0 aromatic rings. The van der Waals surface area contributed by atoms with E-state index in [9.17, 15) is 0 Å². The highest BCUT2D eigenvalue weighted by molar-refractivity contribution is 6.10. The molecule has 2 N–H and O–H groups in total. The Hall–Kier alpha value is -1.06. The van der Waals surface area contributed by atoms with Gasteiger partial charge in [-0.3, -0.25) is 0 Å². The van der Waals surface area contributed by atoms with Gasteiger partial charge in [0.2, 0.25) is 0 Å². The van der Waals surface area contributed by atoms with Crippen molar-refractivity contribution in [2.24, 2.45) is 10.3 Å². The summed E-state index contributed by atoms with van der Waals surface area (Å²) < 4.78 is 0. The molecule has 0 aliphatic heterocycles. The van der Waals surface area contributed by atoms with Gasteiger partial charge in [-0.15, -0.1) is 0 Å². The van der Waals surface area contributed by atoms with Gasteiger partial charge in [0.15, 0.2) is 0 Å². The SMILES string of the molecule is O/N=C1/CC/C(=N\O)C1. The second-order valence-electron chi connectivity index (χ2n) is 2.01. The predicted octanol–water partition coefficient (Wildman–Crippen LogP) is 0.831. The van der Waals surface area contributed by atoms with Gasteiger partial charge in [0, 0.05) is 6.42 Å². The summed E-state index contributed by atoms with van der Waals surface area (Å²) in [6.07, 6.45) is 1.96. The number of rotatable bonds is 0. The van der Waals surface area contributed by atoms with E-state index in [0.29, 0.717) is 17.8 Å². The van der Waals surface area contributed by atoms with Crippen LogP contribution in [0.25, 0.3) is 0 Å². The zero-order chi connectivity index (χ0) is 6.69. The molecule has 0 spiro atoms. The van der Waals surface area contributed by atoms with E-state index in [1.54, 1.807) is 0 Å². The molecule has 1 fully saturated rings. The number of hydrogen-bond acceptors (Lipinski definition) is 4. The molecule has 0 radical (unpaired) electrons. The molecule has 0 amide bonds. The highest BCUT2D eigenvalue weighted by Crippen LogP contribution is 2.11. The van der Waals surface area contributed by atoms with Gasteiger partial charge >= 0.3 is 0 Å². The predicted molar refractivity (Wildman–Crippen MR) is 32.3 cm³/mol. The zero-order valence-electron chi connectivity index (χ0n) is 4.91. The first kappa shape index (κ1) is 6.07. The van der Waals surface area contributed by atoms with E-state index in [0.717, 1.165) is 12.8 Å². The summed E-state index contributed by atoms with van der Waals surface area (Å²) in [5.41, 5.74) is 1.39. The minimum absolute atomic E-state index is 0.521. The average Bonchev–Trinajstić information content (AvgIpc) is 2.34. The average molecular weight is 128 g/mol. The van der Waals surface area contributed by atoms with Crippen LogP contribution in [0, 0.1) is 0 Å². The molecule has 4 heteroatoms. The third-order valence-electron chi connectivity index (χ3n) is 1.39. The third-order valence-corrected chi connectivity index (χ3v) is 1.39. The lowest BCUT2D eigenvalue weighted by Gasteiger charge is -1.84. The molecular formula is C5H8N2O2. The first-order valence-corrected chi connectivity index (χ1v) is 2.76. The number of hydrogen-bond donors (Lipinski definition) is 2. The molecule has 1 rings (SSSR count). The number of oxime groups is 2. The Kier molecular flexibility index (Phi) is 1.67. The fourth-order valence-corrected chi connectivity index (χ4v) is 0.872. The molecule has 0 atom stereocenters. The second kappa shape index (κ2) is 2.48. The Bertz CT molecular complexity index is 144. The Morgan fingerprint density at radius 3 is 1.67 bits per heavy atom. The zero-order valence-corrected chi connectivity index (χ0v) is 4.91. The standard InChI is InChI=1S/C5H8N2O2/c8-6-4-1-2-5(3-4)7-9/h8-9H,1-3H2/b6-4-,7-5+. The van der Waals surface area contributed by atoms with Crippen LogP contribution >= 0.6 is 0 Å². The maximum atomic E-state index is 8.23. The fraction of sp³-hybridized carbons (Fsp3) is 0.600. The fourth-order valence-electron chi connectivity index (χ4n) is 0.872. The van der Waals surface area contributed by atoms with Crippen molar-refractivity contribution < 1.29 is 10.4 Å². The summed E-state index contributed by atoms with van der Waals surface area (Å²) in [5, 5.41) is 22.5. The lowest BCUT2D eigenvalue weighted by molar-refractivity contribution is 0.316. The van der Waals surface area contributed by atoms with Crippen LogP contribution in [0.2, 0.25) is 0 Å². The van der Waals surface area contributed by atoms with Gasteiger partial charge in [-0.25, -0.2) is 0 Å². The monoisotopic (exact) mass is 128 g/mol. The summed E-state index contributed by atoms with van der Waals surface area (Å²) in [6.45, 7) is 0. The van der Waals surface area contributed by atoms with Crippen molar-refractivity contribution in [1.82, 2.24) is 0 Å². The number of nitrogens with zero attached hydrogens (tertiary/aromatic N) is 2. The van der Waals surface area contributed by atoms with E-state index < -0.39 is 0 Å². The van der Waals surface area contributed by atoms with Gasteiger partial charge < -0.3 is 10.4 Å². The maximum absolute atomic E-state index is 8.23. The normalized spacial score (nSPS) is 28.0. The van der Waals surface area contributed by atoms with Crippen LogP contribution in [0.5, 0.6) is 0 Å². The van der Waals surface area contributed by atoms with E-state index in [1.807, 2.05) is 0 Å². The molecule has 0 heterocycles. The summed E-state index contributed by atoms with van der Waals surface area (Å²) in [4.78, 5) is 0. The van der Waals surface area contributed by atoms with E-state index in [-0.39, 0.29) is 0 Å². The molecular weight excluding hydrogens is 120 g/mol. The quantitative estimate of drug-likeness (QED) is 0.375. The van der Waals surface area contributed by atoms with Crippen molar-refractivity contribution in [3.05, 3.63) is 0 Å². The smallest absolute Gasteiger partial charge is 0.0631 e. The highest BCUT2D eigenvalue weighted by atomic mass is 16.4. The Morgan fingerprint density at radius 2 is 1.44 bits per heavy atom. The van der Waals surface area contributed by atoms with Crippen LogP contribution in [-0.2, 0) is 0 Å². The van der Waals surface area contributed by atoms with Gasteiger partial charge in [-0.05, 0) is 12.8 Å². The molecule has 9 heavy (non-hydrogen) atoms. The van der Waals surface area contributed by atoms with Gasteiger partial charge in [0.1, 0.15) is 0 Å². The largest absolute Gasteiger partial charge is 0.411 e. The van der Waals surface area contributed by atoms with E-state index in [4.69, 9.17) is 10.4 Å². The minimum Gasteiger partial charge on any atom is -0.411 e. The second-order valence-corrected chi connectivity index (χ2v) is 2.01. The van der Waals surface area contributed by atoms with E-state index >= 15 is 0 Å². The summed E-state index contributed by atoms with van der Waals surface area (Å²) in [7, 11) is 0. The van der Waals surface area contributed by atoms with Crippen LogP contribution in [0.1, 0.15) is 19.3 Å². The summed E-state index contributed by atoms with van der Waals surface area (Å²) >= 11 is 0. The van der Waals surface area contributed by atoms with Crippen molar-refractivity contribution >= 4 is 11.4 Å². The molecule has 50 valence electrons. The van der Waals surface area contributed by atoms with Crippen molar-refractivity contribution in [3.63, 3.8) is 0 Å². The molecule has 4 nitrogen and oxygen atoms in total. The maximum Gasteiger partial charge on any atom is 0.0631 e. The van der Waals surface area contributed by atoms with Crippen molar-refractivity contribution in [2.45, 2.75) is 19.3 Å². The van der Waals surface area contributed by atoms with E-state index in [1.165, 1.54) is 0 Å². The van der Waals surface area contributed by atoms with Crippen LogP contribution in [0.4, 0.5) is 0 Å². The van der Waals surface area contributed by atoms with Crippen LogP contribution in [0.3, 0.4) is 0 Å². The Balaban J connectivity index is 2.57. The molecule has 1 aliphatic carbocycles. The van der Waals surface area contributed by atoms with Gasteiger partial charge in [-0.1, -0.05) is 10.3 Å².